The predicted molar refractivity (Wildman–Crippen MR) is 102 cm³/mol. The molecule has 28 heavy (non-hydrogen) atoms. The first-order valence-electron chi connectivity index (χ1n) is 10.9. The number of hydrogen-bond acceptors (Lipinski definition) is 5. The third-order valence-electron chi connectivity index (χ3n) is 4.60. The van der Waals surface area contributed by atoms with Gasteiger partial charge in [-0.1, -0.05) is 18.6 Å². The molecule has 0 saturated carbocycles. The summed E-state index contributed by atoms with van der Waals surface area (Å²) in [7, 11) is 0. The lowest BCUT2D eigenvalue weighted by molar-refractivity contribution is -0.160. The highest BCUT2D eigenvalue weighted by Gasteiger charge is 2.38. The van der Waals surface area contributed by atoms with Crippen molar-refractivity contribution in [3.63, 3.8) is 0 Å². The number of carbonyl (C=O) groups excluding carboxylic acids is 2. The number of rotatable bonds is 0. The molecule has 0 aromatic carbocycles. The maximum Gasteiger partial charge on any atom is 0.434 e. The number of hydrogen-bond donors (Lipinski definition) is 2. The number of amides is 2. The molecule has 1 fully saturated rings. The lowest BCUT2D eigenvalue weighted by Gasteiger charge is -2.29. The summed E-state index contributed by atoms with van der Waals surface area (Å²) < 4.78 is 34.2. The van der Waals surface area contributed by atoms with Crippen molar-refractivity contribution in [1.82, 2.24) is 10.2 Å². The van der Waals surface area contributed by atoms with E-state index < -0.39 is 43.1 Å². The van der Waals surface area contributed by atoms with Crippen LogP contribution < -0.4 is 5.32 Å². The molecule has 1 saturated heterocycles. The lowest BCUT2D eigenvalue weighted by atomic mass is 9.96. The molecule has 9 heteroatoms. The summed E-state index contributed by atoms with van der Waals surface area (Å²) in [6, 6.07) is 0. The molecule has 0 bridgehead atoms. The van der Waals surface area contributed by atoms with Crippen LogP contribution in [0, 0.1) is 0 Å². The van der Waals surface area contributed by atoms with Crippen LogP contribution in [0.4, 0.5) is 4.79 Å². The van der Waals surface area contributed by atoms with Crippen LogP contribution in [0.3, 0.4) is 0 Å². The minimum absolute atomic E-state index is 0.0715. The van der Waals surface area contributed by atoms with E-state index >= 15 is 0 Å². The minimum atomic E-state index is -2.94. The summed E-state index contributed by atoms with van der Waals surface area (Å²) >= 11 is 0. The maximum absolute atomic E-state index is 12.7. The van der Waals surface area contributed by atoms with E-state index in [1.165, 1.54) is 0 Å². The standard InChI is InChI=1S/C19H29N3O6/c1-22-13-16(24)28-19(11-12-27-14-19)10-8-6-4-2-3-5-7-9-15(23)20-17(22)21-18(25)26/h4,6H,2-3,5,7-14H2,1H3,(H,25,26)(H,20,21,23)/i1D3. The quantitative estimate of drug-likeness (QED) is 0.474. The molecule has 1 spiro atoms. The Morgan fingerprint density at radius 2 is 2.11 bits per heavy atom. The highest BCUT2D eigenvalue weighted by molar-refractivity contribution is 6.01. The number of aliphatic imine (C=N–C) groups is 1. The second-order valence-corrected chi connectivity index (χ2v) is 6.92. The molecular weight excluding hydrogens is 366 g/mol. The highest BCUT2D eigenvalue weighted by atomic mass is 16.6. The maximum atomic E-state index is 12.7. The van der Waals surface area contributed by atoms with Gasteiger partial charge in [-0.15, -0.1) is 4.99 Å². The first kappa shape index (κ1) is 17.7. The molecule has 0 aliphatic carbocycles. The number of likely N-dealkylation sites (N-methyl/N-ethyl adjacent to an activating group) is 1. The highest BCUT2D eigenvalue weighted by Crippen LogP contribution is 2.29. The van der Waals surface area contributed by atoms with Gasteiger partial charge in [0.15, 0.2) is 0 Å². The van der Waals surface area contributed by atoms with Crippen molar-refractivity contribution in [2.24, 2.45) is 4.99 Å². The van der Waals surface area contributed by atoms with Crippen LogP contribution in [-0.4, -0.2) is 66.3 Å². The Bertz CT molecular complexity index is 717. The zero-order valence-electron chi connectivity index (χ0n) is 18.8. The number of guanidine groups is 1. The Morgan fingerprint density at radius 1 is 1.29 bits per heavy atom. The lowest BCUT2D eigenvalue weighted by Crippen LogP contribution is -2.46. The van der Waals surface area contributed by atoms with Crippen LogP contribution in [0.1, 0.15) is 55.5 Å². The van der Waals surface area contributed by atoms with Gasteiger partial charge in [-0.25, -0.2) is 4.79 Å². The summed E-state index contributed by atoms with van der Waals surface area (Å²) in [5.41, 5.74) is -0.872. The van der Waals surface area contributed by atoms with Gasteiger partial charge in [0.05, 0.1) is 13.2 Å². The molecule has 1 unspecified atom stereocenters. The topological polar surface area (TPSA) is 118 Å². The second-order valence-electron chi connectivity index (χ2n) is 6.92. The van der Waals surface area contributed by atoms with Crippen LogP contribution in [0.25, 0.3) is 0 Å². The predicted octanol–water partition coefficient (Wildman–Crippen LogP) is 2.07. The zero-order valence-corrected chi connectivity index (χ0v) is 15.8. The van der Waals surface area contributed by atoms with E-state index in [1.807, 2.05) is 6.08 Å². The molecule has 0 aromatic heterocycles. The van der Waals surface area contributed by atoms with Gasteiger partial charge in [-0.05, 0) is 32.1 Å². The van der Waals surface area contributed by atoms with Crippen molar-refractivity contribution in [3.8, 4) is 0 Å². The summed E-state index contributed by atoms with van der Waals surface area (Å²) in [5, 5.41) is 11.3. The number of carbonyl (C=O) groups is 3. The van der Waals surface area contributed by atoms with Crippen LogP contribution in [-0.2, 0) is 19.1 Å². The summed E-state index contributed by atoms with van der Waals surface area (Å²) in [5.74, 6) is -2.18. The third-order valence-corrected chi connectivity index (χ3v) is 4.60. The first-order valence-corrected chi connectivity index (χ1v) is 9.45. The molecule has 1 atom stereocenters. The summed E-state index contributed by atoms with van der Waals surface area (Å²) in [4.78, 5) is 39.7. The van der Waals surface area contributed by atoms with Crippen molar-refractivity contribution in [1.29, 1.82) is 0 Å². The average Bonchev–Trinajstić information content (AvgIpc) is 3.10. The number of allylic oxidation sites excluding steroid dienone is 2. The Morgan fingerprint density at radius 3 is 2.82 bits per heavy atom. The van der Waals surface area contributed by atoms with Crippen LogP contribution >= 0.6 is 0 Å². The molecule has 9 nitrogen and oxygen atoms in total. The van der Waals surface area contributed by atoms with Gasteiger partial charge in [-0.3, -0.25) is 14.9 Å². The Kier molecular flexibility index (Phi) is 6.81. The van der Waals surface area contributed by atoms with Crippen molar-refractivity contribution in [3.05, 3.63) is 12.2 Å². The largest absolute Gasteiger partial charge is 0.463 e. The molecular formula is C19H29N3O6. The number of nitrogens with one attached hydrogen (secondary N) is 1. The molecule has 2 N–H and O–H groups in total. The monoisotopic (exact) mass is 398 g/mol. The molecule has 2 aliphatic heterocycles. The first-order chi connectivity index (χ1) is 14.6. The molecule has 2 heterocycles. The van der Waals surface area contributed by atoms with Crippen molar-refractivity contribution >= 4 is 23.9 Å². The normalized spacial score (nSPS) is 29.5. The minimum Gasteiger partial charge on any atom is -0.463 e. The number of carboxylic acid groups (broad SMARTS) is 1. The van der Waals surface area contributed by atoms with E-state index in [4.69, 9.17) is 18.7 Å². The van der Waals surface area contributed by atoms with Gasteiger partial charge in [0.25, 0.3) is 0 Å². The fourth-order valence-electron chi connectivity index (χ4n) is 3.14. The van der Waals surface area contributed by atoms with Gasteiger partial charge in [0.2, 0.25) is 11.9 Å². The summed E-state index contributed by atoms with van der Waals surface area (Å²) in [6.45, 7) is -3.12. The Balaban J connectivity index is 2.30. The number of ether oxygens (including phenoxy) is 2. The van der Waals surface area contributed by atoms with E-state index in [0.29, 0.717) is 37.2 Å². The summed E-state index contributed by atoms with van der Waals surface area (Å²) in [6.07, 6.45) is 7.19. The van der Waals surface area contributed by atoms with E-state index in [-0.39, 0.29) is 13.0 Å². The SMILES string of the molecule is [2H]C([2H])([2H])N1CC(=O)OC2(CCC=CCCCCCC(=O)NC1=NC(=O)O)CCOC2. The smallest absolute Gasteiger partial charge is 0.434 e. The van der Waals surface area contributed by atoms with Crippen LogP contribution in [0.5, 0.6) is 0 Å². The van der Waals surface area contributed by atoms with Gasteiger partial charge < -0.3 is 19.5 Å². The van der Waals surface area contributed by atoms with Crippen molar-refractivity contribution in [2.75, 3.05) is 26.7 Å². The van der Waals surface area contributed by atoms with Gasteiger partial charge in [0, 0.05) is 23.9 Å². The van der Waals surface area contributed by atoms with E-state index in [1.54, 1.807) is 0 Å². The average molecular weight is 398 g/mol. The second kappa shape index (κ2) is 10.8. The molecule has 0 radical (unpaired) electrons. The molecule has 2 amide bonds. The van der Waals surface area contributed by atoms with Crippen molar-refractivity contribution < 1.29 is 33.1 Å². The van der Waals surface area contributed by atoms with Gasteiger partial charge in [0.1, 0.15) is 12.1 Å². The third kappa shape index (κ3) is 7.30. The molecule has 156 valence electrons. The molecule has 0 aromatic rings. The van der Waals surface area contributed by atoms with E-state index in [9.17, 15) is 14.4 Å². The Labute approximate surface area is 169 Å². The van der Waals surface area contributed by atoms with Crippen LogP contribution in [0.15, 0.2) is 17.1 Å². The van der Waals surface area contributed by atoms with Gasteiger partial charge >= 0.3 is 12.1 Å². The zero-order chi connectivity index (χ0) is 22.9. The molecule has 2 rings (SSSR count). The number of nitrogens with zero attached hydrogens (tertiary/aromatic N) is 2. The van der Waals surface area contributed by atoms with Gasteiger partial charge in [-0.2, -0.15) is 0 Å². The van der Waals surface area contributed by atoms with E-state index in [2.05, 4.69) is 16.4 Å². The fourth-order valence-corrected chi connectivity index (χ4v) is 3.14. The fraction of sp³-hybridized carbons (Fsp3) is 0.684. The van der Waals surface area contributed by atoms with Crippen LogP contribution in [0.2, 0.25) is 0 Å². The number of esters is 1. The van der Waals surface area contributed by atoms with E-state index in [0.717, 1.165) is 19.3 Å². The van der Waals surface area contributed by atoms with Crippen molar-refractivity contribution in [2.45, 2.75) is 57.0 Å². The Hall–Kier alpha value is -2.42. The molecule has 2 aliphatic rings.